The maximum absolute atomic E-state index is 12.4. The molecule has 2 aliphatic heterocycles. The van der Waals surface area contributed by atoms with Crippen LogP contribution < -0.4 is 15.5 Å². The fourth-order valence-electron chi connectivity index (χ4n) is 2.68. The van der Waals surface area contributed by atoms with Crippen LogP contribution in [0, 0.1) is 0 Å². The Labute approximate surface area is 149 Å². The third-order valence-corrected chi connectivity index (χ3v) is 3.88. The number of allylic oxidation sites excluding steroid dienone is 2. The first kappa shape index (κ1) is 17.3. The van der Waals surface area contributed by atoms with Crippen LogP contribution in [0.5, 0.6) is 0 Å². The van der Waals surface area contributed by atoms with Crippen molar-refractivity contribution in [1.29, 1.82) is 0 Å². The fraction of sp³-hybridized carbons (Fsp3) is 0.167. The molecule has 0 aliphatic carbocycles. The molecule has 2 heterocycles. The van der Waals surface area contributed by atoms with E-state index in [1.807, 2.05) is 0 Å². The number of anilines is 3. The molecule has 26 heavy (non-hydrogen) atoms. The molecule has 1 aromatic carbocycles. The average molecular weight is 355 g/mol. The molecule has 0 atom stereocenters. The summed E-state index contributed by atoms with van der Waals surface area (Å²) in [4.78, 5) is 37.7. The zero-order valence-electron chi connectivity index (χ0n) is 14.2. The van der Waals surface area contributed by atoms with Gasteiger partial charge in [0.05, 0.1) is 37.7 Å². The highest BCUT2D eigenvalue weighted by Gasteiger charge is 2.28. The normalized spacial score (nSPS) is 15.6. The summed E-state index contributed by atoms with van der Waals surface area (Å²) in [6.45, 7) is 0.194. The monoisotopic (exact) mass is 355 g/mol. The van der Waals surface area contributed by atoms with Gasteiger partial charge < -0.3 is 25.0 Å². The lowest BCUT2D eigenvalue weighted by atomic mass is 10.1. The summed E-state index contributed by atoms with van der Waals surface area (Å²) >= 11 is 0. The van der Waals surface area contributed by atoms with E-state index in [0.29, 0.717) is 11.4 Å². The molecule has 2 N–H and O–H groups in total. The number of benzene rings is 1. The molecule has 0 saturated carbocycles. The number of rotatable bonds is 3. The van der Waals surface area contributed by atoms with Crippen LogP contribution in [0.1, 0.15) is 0 Å². The number of hydrogen-bond donors (Lipinski definition) is 2. The van der Waals surface area contributed by atoms with E-state index in [2.05, 4.69) is 10.6 Å². The number of ether oxygens (including phenoxy) is 2. The third kappa shape index (κ3) is 3.16. The molecule has 8 nitrogen and oxygen atoms in total. The van der Waals surface area contributed by atoms with E-state index in [1.54, 1.807) is 36.6 Å². The lowest BCUT2D eigenvalue weighted by Gasteiger charge is -2.25. The maximum Gasteiger partial charge on any atom is 0.355 e. The second-order valence-electron chi connectivity index (χ2n) is 5.45. The molecule has 8 heteroatoms. The van der Waals surface area contributed by atoms with E-state index in [4.69, 9.17) is 9.47 Å². The molecule has 0 saturated heterocycles. The average Bonchev–Trinajstić information content (AvgIpc) is 2.89. The van der Waals surface area contributed by atoms with Crippen molar-refractivity contribution in [2.45, 2.75) is 0 Å². The summed E-state index contributed by atoms with van der Waals surface area (Å²) in [5, 5.41) is 5.76. The van der Waals surface area contributed by atoms with Crippen molar-refractivity contribution in [3.05, 3.63) is 53.9 Å². The van der Waals surface area contributed by atoms with Gasteiger partial charge in [-0.1, -0.05) is 6.08 Å². The van der Waals surface area contributed by atoms with Gasteiger partial charge in [0.15, 0.2) is 0 Å². The first-order valence-corrected chi connectivity index (χ1v) is 7.78. The van der Waals surface area contributed by atoms with E-state index < -0.39 is 11.9 Å². The number of fused-ring (bicyclic) bond motifs is 1. The molecule has 1 aromatic rings. The minimum atomic E-state index is -0.693. The Bertz CT molecular complexity index is 870. The summed E-state index contributed by atoms with van der Waals surface area (Å²) in [6, 6.07) is 5.24. The lowest BCUT2D eigenvalue weighted by molar-refractivity contribution is -0.139. The Hall–Kier alpha value is -3.55. The second kappa shape index (κ2) is 7.14. The minimum Gasteiger partial charge on any atom is -0.465 e. The molecule has 2 aliphatic rings. The van der Waals surface area contributed by atoms with Crippen molar-refractivity contribution in [2.24, 2.45) is 0 Å². The third-order valence-electron chi connectivity index (χ3n) is 3.88. The van der Waals surface area contributed by atoms with E-state index in [9.17, 15) is 14.4 Å². The van der Waals surface area contributed by atoms with Gasteiger partial charge in [-0.3, -0.25) is 4.79 Å². The van der Waals surface area contributed by atoms with Crippen LogP contribution in [0.2, 0.25) is 0 Å². The Morgan fingerprint density at radius 1 is 1.08 bits per heavy atom. The predicted molar refractivity (Wildman–Crippen MR) is 95.4 cm³/mol. The molecule has 0 bridgehead atoms. The van der Waals surface area contributed by atoms with Crippen molar-refractivity contribution in [1.82, 2.24) is 0 Å². The molecule has 0 fully saturated rings. The zero-order chi connectivity index (χ0) is 18.7. The molecule has 0 unspecified atom stereocenters. The summed E-state index contributed by atoms with van der Waals surface area (Å²) in [6.07, 6.45) is 6.40. The zero-order valence-corrected chi connectivity index (χ0v) is 14.2. The number of carbonyl (C=O) groups excluding carboxylic acids is 3. The number of carbonyl (C=O) groups is 3. The van der Waals surface area contributed by atoms with Gasteiger partial charge in [-0.2, -0.15) is 0 Å². The summed E-state index contributed by atoms with van der Waals surface area (Å²) < 4.78 is 9.64. The van der Waals surface area contributed by atoms with Crippen molar-refractivity contribution in [2.75, 3.05) is 36.3 Å². The molecule has 0 radical (unpaired) electrons. The van der Waals surface area contributed by atoms with E-state index >= 15 is 0 Å². The number of nitrogens with zero attached hydrogens (tertiary/aromatic N) is 1. The Morgan fingerprint density at radius 2 is 1.85 bits per heavy atom. The molecular formula is C18H17N3O5. The molecule has 134 valence electrons. The summed E-state index contributed by atoms with van der Waals surface area (Å²) in [5.74, 6) is -1.52. The minimum absolute atomic E-state index is 0.0133. The number of hydrogen-bond acceptors (Lipinski definition) is 7. The van der Waals surface area contributed by atoms with E-state index in [-0.39, 0.29) is 23.7 Å². The molecule has 1 amide bonds. The van der Waals surface area contributed by atoms with E-state index in [0.717, 1.165) is 5.69 Å². The highest BCUT2D eigenvalue weighted by atomic mass is 16.5. The number of methoxy groups -OCH3 is 2. The maximum atomic E-state index is 12.4. The quantitative estimate of drug-likeness (QED) is 0.794. The van der Waals surface area contributed by atoms with Crippen LogP contribution in [0.25, 0.3) is 0 Å². The first-order chi connectivity index (χ1) is 12.5. The first-order valence-electron chi connectivity index (χ1n) is 7.78. The van der Waals surface area contributed by atoms with Gasteiger partial charge in [-0.05, 0) is 30.4 Å². The van der Waals surface area contributed by atoms with Crippen molar-refractivity contribution < 1.29 is 23.9 Å². The highest BCUT2D eigenvalue weighted by Crippen LogP contribution is 2.33. The molecule has 0 aromatic heterocycles. The Balaban J connectivity index is 2.12. The summed E-state index contributed by atoms with van der Waals surface area (Å²) in [7, 11) is 2.47. The predicted octanol–water partition coefficient (Wildman–Crippen LogP) is 1.54. The Kier molecular flexibility index (Phi) is 4.74. The number of amides is 1. The van der Waals surface area contributed by atoms with Crippen LogP contribution in [-0.4, -0.2) is 38.6 Å². The SMILES string of the molecule is COC(=O)C1=C(C(=O)OC)N(c2ccc3c(c2)NC(=O)CN3)C=CC=C1. The molecule has 3 rings (SSSR count). The van der Waals surface area contributed by atoms with E-state index in [1.165, 1.54) is 25.2 Å². The second-order valence-corrected chi connectivity index (χ2v) is 5.45. The van der Waals surface area contributed by atoms with Gasteiger partial charge in [0.25, 0.3) is 0 Å². The lowest BCUT2D eigenvalue weighted by Crippen LogP contribution is -2.29. The van der Waals surface area contributed by atoms with Gasteiger partial charge in [0, 0.05) is 11.9 Å². The van der Waals surface area contributed by atoms with Crippen LogP contribution in [0.3, 0.4) is 0 Å². The van der Waals surface area contributed by atoms with Gasteiger partial charge in [0.1, 0.15) is 5.70 Å². The Morgan fingerprint density at radius 3 is 2.58 bits per heavy atom. The van der Waals surface area contributed by atoms with Crippen molar-refractivity contribution >= 4 is 34.9 Å². The van der Waals surface area contributed by atoms with Gasteiger partial charge in [-0.25, -0.2) is 9.59 Å². The smallest absolute Gasteiger partial charge is 0.355 e. The van der Waals surface area contributed by atoms with Crippen LogP contribution >= 0.6 is 0 Å². The fourth-order valence-corrected chi connectivity index (χ4v) is 2.68. The number of nitrogens with one attached hydrogen (secondary N) is 2. The van der Waals surface area contributed by atoms with Crippen molar-refractivity contribution in [3.63, 3.8) is 0 Å². The largest absolute Gasteiger partial charge is 0.465 e. The van der Waals surface area contributed by atoms with Crippen LogP contribution in [0.4, 0.5) is 17.1 Å². The highest BCUT2D eigenvalue weighted by molar-refractivity contribution is 6.06. The standard InChI is InChI=1S/C18H17N3O5/c1-25-17(23)12-5-3-4-8-21(16(12)18(24)26-2)11-6-7-13-14(9-11)20-15(22)10-19-13/h3-9,19H,10H2,1-2H3,(H,20,22). The van der Waals surface area contributed by atoms with Gasteiger partial charge in [0.2, 0.25) is 5.91 Å². The van der Waals surface area contributed by atoms with Gasteiger partial charge >= 0.3 is 11.9 Å². The van der Waals surface area contributed by atoms with Gasteiger partial charge in [-0.15, -0.1) is 0 Å². The number of esters is 2. The van der Waals surface area contributed by atoms with Crippen LogP contribution in [0.15, 0.2) is 53.9 Å². The van der Waals surface area contributed by atoms with Crippen molar-refractivity contribution in [3.8, 4) is 0 Å². The molecular weight excluding hydrogens is 338 g/mol. The topological polar surface area (TPSA) is 97.0 Å². The molecule has 0 spiro atoms. The van der Waals surface area contributed by atoms with Crippen LogP contribution in [-0.2, 0) is 23.9 Å². The summed E-state index contributed by atoms with van der Waals surface area (Å²) in [5.41, 5.74) is 1.98.